The van der Waals surface area contributed by atoms with Gasteiger partial charge in [-0.1, -0.05) is 0 Å². The van der Waals surface area contributed by atoms with E-state index in [0.717, 1.165) is 5.56 Å². The highest BCUT2D eigenvalue weighted by Gasteiger charge is 2.32. The number of anilines is 1. The Labute approximate surface area is 219 Å². The van der Waals surface area contributed by atoms with Crippen LogP contribution in [0.25, 0.3) is 11.1 Å². The van der Waals surface area contributed by atoms with Crippen molar-refractivity contribution in [1.82, 2.24) is 5.32 Å². The molecule has 3 aromatic rings. The van der Waals surface area contributed by atoms with Gasteiger partial charge >= 0.3 is 6.09 Å². The number of carbonyl (C=O) groups is 2. The van der Waals surface area contributed by atoms with Gasteiger partial charge in [0, 0.05) is 36.2 Å². The van der Waals surface area contributed by atoms with Crippen LogP contribution in [0.15, 0.2) is 60.9 Å². The molecule has 0 bridgehead atoms. The summed E-state index contributed by atoms with van der Waals surface area (Å²) in [5, 5.41) is 2.62. The van der Waals surface area contributed by atoms with E-state index in [-0.39, 0.29) is 36.0 Å². The van der Waals surface area contributed by atoms with Gasteiger partial charge in [-0.3, -0.25) is 9.69 Å². The molecular formula is C26H27BrFN3O5. The van der Waals surface area contributed by atoms with Gasteiger partial charge < -0.3 is 36.5 Å². The third-order valence-corrected chi connectivity index (χ3v) is 5.70. The molecule has 0 saturated carbocycles. The Morgan fingerprint density at radius 1 is 1.11 bits per heavy atom. The van der Waals surface area contributed by atoms with E-state index in [1.54, 1.807) is 26.4 Å². The van der Waals surface area contributed by atoms with Gasteiger partial charge in [-0.15, -0.1) is 0 Å². The first-order chi connectivity index (χ1) is 16.9. The number of ether oxygens (including phenoxy) is 3. The summed E-state index contributed by atoms with van der Waals surface area (Å²) in [5.74, 6) is 0.766. The number of cyclic esters (lactones) is 1. The molecule has 0 spiro atoms. The maximum Gasteiger partial charge on any atom is 0.414 e. The van der Waals surface area contributed by atoms with E-state index in [2.05, 4.69) is 5.32 Å². The van der Waals surface area contributed by atoms with Crippen molar-refractivity contribution in [3.05, 3.63) is 72.3 Å². The van der Waals surface area contributed by atoms with Crippen LogP contribution in [0.1, 0.15) is 12.5 Å². The van der Waals surface area contributed by atoms with Crippen LogP contribution in [0.3, 0.4) is 0 Å². The highest BCUT2D eigenvalue weighted by molar-refractivity contribution is 5.90. The van der Waals surface area contributed by atoms with E-state index in [1.165, 1.54) is 17.9 Å². The van der Waals surface area contributed by atoms with Crippen LogP contribution in [0.2, 0.25) is 0 Å². The van der Waals surface area contributed by atoms with Crippen molar-refractivity contribution in [2.45, 2.75) is 19.6 Å². The average Bonchev–Trinajstić information content (AvgIpc) is 3.23. The fraction of sp³-hybridized carbons (Fsp3) is 0.269. The Morgan fingerprint density at radius 2 is 1.78 bits per heavy atom. The highest BCUT2D eigenvalue weighted by Crippen LogP contribution is 2.29. The standard InChI is InChI=1S/C26H26FN3O5.BrH/c1-17(31)28-14-23-16-30(26(32)35-23)20-4-5-24(25(27)12-20)19-6-8-29(9-7-19)15-18-10-21(33-2)13-22(11-18)34-3;/h4-13,23H,14-16H2,1-3H3;1H/t23-;/m0./s1. The zero-order valence-corrected chi connectivity index (χ0v) is 21.7. The van der Waals surface area contributed by atoms with E-state index >= 15 is 4.39 Å². The lowest BCUT2D eigenvalue weighted by Gasteiger charge is -2.14. The van der Waals surface area contributed by atoms with Crippen molar-refractivity contribution < 1.29 is 49.7 Å². The fourth-order valence-electron chi connectivity index (χ4n) is 3.91. The smallest absolute Gasteiger partial charge is 0.414 e. The summed E-state index contributed by atoms with van der Waals surface area (Å²) in [5.41, 5.74) is 2.54. The Kier molecular flexibility index (Phi) is 8.87. The minimum atomic E-state index is -0.567. The van der Waals surface area contributed by atoms with Gasteiger partial charge in [0.1, 0.15) is 23.4 Å². The topological polar surface area (TPSA) is 81.0 Å². The molecule has 2 aromatic carbocycles. The molecule has 1 aliphatic rings. The lowest BCUT2D eigenvalue weighted by atomic mass is 10.1. The van der Waals surface area contributed by atoms with Crippen molar-refractivity contribution in [2.24, 2.45) is 0 Å². The number of carbonyl (C=O) groups excluding carboxylic acids is 2. The second-order valence-corrected chi connectivity index (χ2v) is 8.20. The number of benzene rings is 2. The number of amides is 2. The molecule has 2 heterocycles. The quantitative estimate of drug-likeness (QED) is 0.402. The van der Waals surface area contributed by atoms with Crippen LogP contribution in [0, 0.1) is 5.82 Å². The van der Waals surface area contributed by atoms with Gasteiger partial charge in [-0.25, -0.2) is 13.8 Å². The minimum absolute atomic E-state index is 0. The number of nitrogens with zero attached hydrogens (tertiary/aromatic N) is 2. The van der Waals surface area contributed by atoms with Gasteiger partial charge in [0.05, 0.1) is 33.0 Å². The number of nitrogens with one attached hydrogen (secondary N) is 1. The molecule has 4 rings (SSSR count). The van der Waals surface area contributed by atoms with Gasteiger partial charge in [-0.2, -0.15) is 0 Å². The molecule has 1 N–H and O–H groups in total. The predicted octanol–water partition coefficient (Wildman–Crippen LogP) is 0.311. The Balaban J connectivity index is 0.00000361. The van der Waals surface area contributed by atoms with Crippen molar-refractivity contribution >= 4 is 17.7 Å². The number of halogens is 2. The van der Waals surface area contributed by atoms with E-state index in [4.69, 9.17) is 14.2 Å². The summed E-state index contributed by atoms with van der Waals surface area (Å²) in [7, 11) is 3.22. The average molecular weight is 560 g/mol. The molecule has 0 radical (unpaired) electrons. The SMILES string of the molecule is COc1cc(C[n+]2ccc(-c3ccc(N4C[C@H](CNC(C)=O)OC4=O)cc3F)cc2)cc(OC)c1.[Br-]. The largest absolute Gasteiger partial charge is 1.00 e. The summed E-state index contributed by atoms with van der Waals surface area (Å²) in [6, 6.07) is 14.0. The Morgan fingerprint density at radius 3 is 2.36 bits per heavy atom. The second-order valence-electron chi connectivity index (χ2n) is 8.20. The fourth-order valence-corrected chi connectivity index (χ4v) is 3.91. The van der Waals surface area contributed by atoms with Gasteiger partial charge in [0.25, 0.3) is 0 Å². The number of hydrogen-bond donors (Lipinski definition) is 1. The monoisotopic (exact) mass is 559 g/mol. The zero-order valence-electron chi connectivity index (χ0n) is 20.2. The minimum Gasteiger partial charge on any atom is -1.00 e. The maximum atomic E-state index is 15.0. The summed E-state index contributed by atoms with van der Waals surface area (Å²) >= 11 is 0. The van der Waals surface area contributed by atoms with Crippen molar-refractivity contribution in [3.8, 4) is 22.6 Å². The number of rotatable bonds is 8. The van der Waals surface area contributed by atoms with Crippen LogP contribution in [0.4, 0.5) is 14.9 Å². The lowest BCUT2D eigenvalue weighted by molar-refractivity contribution is -0.688. The molecule has 1 aliphatic heterocycles. The summed E-state index contributed by atoms with van der Waals surface area (Å²) < 4.78 is 32.9. The van der Waals surface area contributed by atoms with Crippen LogP contribution in [-0.4, -0.2) is 45.4 Å². The molecule has 10 heteroatoms. The van der Waals surface area contributed by atoms with Gasteiger partial charge in [0.2, 0.25) is 5.91 Å². The number of pyridine rings is 1. The first-order valence-electron chi connectivity index (χ1n) is 11.1. The van der Waals surface area contributed by atoms with E-state index < -0.39 is 18.0 Å². The Hall–Kier alpha value is -3.66. The molecule has 2 amide bonds. The number of methoxy groups -OCH3 is 2. The van der Waals surface area contributed by atoms with E-state index in [1.807, 2.05) is 47.3 Å². The summed E-state index contributed by atoms with van der Waals surface area (Å²) in [6.45, 7) is 2.43. The second kappa shape index (κ2) is 11.9. The third kappa shape index (κ3) is 6.31. The Bertz CT molecular complexity index is 1220. The van der Waals surface area contributed by atoms with Crippen molar-refractivity contribution in [2.75, 3.05) is 32.2 Å². The molecule has 0 unspecified atom stereocenters. The van der Waals surface area contributed by atoms with Crippen LogP contribution >= 0.6 is 0 Å². The highest BCUT2D eigenvalue weighted by atomic mass is 79.9. The number of aromatic nitrogens is 1. The summed E-state index contributed by atoms with van der Waals surface area (Å²) in [6.07, 6.45) is 2.70. The van der Waals surface area contributed by atoms with E-state index in [0.29, 0.717) is 34.9 Å². The van der Waals surface area contributed by atoms with Gasteiger partial charge in [0.15, 0.2) is 18.9 Å². The van der Waals surface area contributed by atoms with Gasteiger partial charge in [-0.05, 0) is 35.9 Å². The molecule has 1 fully saturated rings. The van der Waals surface area contributed by atoms with Crippen molar-refractivity contribution in [1.29, 1.82) is 0 Å². The first-order valence-corrected chi connectivity index (χ1v) is 11.1. The van der Waals surface area contributed by atoms with Crippen molar-refractivity contribution in [3.63, 3.8) is 0 Å². The molecule has 8 nitrogen and oxygen atoms in total. The normalized spacial score (nSPS) is 14.6. The summed E-state index contributed by atoms with van der Waals surface area (Å²) in [4.78, 5) is 24.7. The molecule has 1 saturated heterocycles. The number of hydrogen-bond acceptors (Lipinski definition) is 5. The molecule has 0 aliphatic carbocycles. The lowest BCUT2D eigenvalue weighted by Crippen LogP contribution is -3.00. The van der Waals surface area contributed by atoms with Crippen LogP contribution in [0.5, 0.6) is 11.5 Å². The maximum absolute atomic E-state index is 15.0. The molecule has 36 heavy (non-hydrogen) atoms. The molecular weight excluding hydrogens is 533 g/mol. The zero-order chi connectivity index (χ0) is 24.9. The molecule has 1 aromatic heterocycles. The first kappa shape index (κ1) is 26.9. The third-order valence-electron chi connectivity index (χ3n) is 5.70. The van der Waals surface area contributed by atoms with Crippen LogP contribution < -0.4 is 41.2 Å². The van der Waals surface area contributed by atoms with E-state index in [9.17, 15) is 9.59 Å². The molecule has 190 valence electrons. The van der Waals surface area contributed by atoms with Crippen LogP contribution in [-0.2, 0) is 16.1 Å². The molecule has 1 atom stereocenters. The predicted molar refractivity (Wildman–Crippen MR) is 127 cm³/mol.